The van der Waals surface area contributed by atoms with Crippen molar-refractivity contribution in [2.24, 2.45) is 0 Å². The second-order valence-corrected chi connectivity index (χ2v) is 3.88. The molecule has 0 aliphatic carbocycles. The quantitative estimate of drug-likeness (QED) is 0.628. The van der Waals surface area contributed by atoms with Crippen LogP contribution < -0.4 is 5.46 Å². The van der Waals surface area contributed by atoms with Crippen LogP contribution in [0.5, 0.6) is 0 Å². The molecule has 1 N–H and O–H groups in total. The first-order chi connectivity index (χ1) is 8.24. The third-order valence-corrected chi connectivity index (χ3v) is 2.70. The maximum absolute atomic E-state index is 12.9. The molecule has 80 valence electrons. The van der Waals surface area contributed by atoms with Crippen molar-refractivity contribution in [3.8, 4) is 11.3 Å². The second-order valence-electron chi connectivity index (χ2n) is 3.88. The van der Waals surface area contributed by atoms with Crippen LogP contribution in [0.25, 0.3) is 22.2 Å². The summed E-state index contributed by atoms with van der Waals surface area (Å²) in [5, 5.41) is 8.13. The topological polar surface area (TPSA) is 28.7 Å². The molecule has 0 aliphatic heterocycles. The van der Waals surface area contributed by atoms with E-state index >= 15 is 0 Å². The second kappa shape index (κ2) is 3.73. The number of aromatic nitrogens is 2. The average molecular weight is 222 g/mol. The molecule has 0 amide bonds. The van der Waals surface area contributed by atoms with Crippen molar-refractivity contribution in [1.29, 1.82) is 0 Å². The van der Waals surface area contributed by atoms with Gasteiger partial charge in [-0.1, -0.05) is 17.6 Å². The monoisotopic (exact) mass is 222 g/mol. The number of nitrogens with one attached hydrogen (secondary N) is 1. The van der Waals surface area contributed by atoms with Gasteiger partial charge in [-0.25, -0.2) is 4.39 Å². The standard InChI is InChI=1S/C13H8BFN2/c14-9-3-6-11-12(7-9)16-17-13(11)8-1-4-10(15)5-2-8/h1-7H,(H,16,17). The molecule has 0 spiro atoms. The van der Waals surface area contributed by atoms with Crippen LogP contribution in [0.1, 0.15) is 0 Å². The predicted molar refractivity (Wildman–Crippen MR) is 66.9 cm³/mol. The highest BCUT2D eigenvalue weighted by Crippen LogP contribution is 2.25. The fourth-order valence-electron chi connectivity index (χ4n) is 1.87. The summed E-state index contributed by atoms with van der Waals surface area (Å²) in [5.74, 6) is -0.252. The van der Waals surface area contributed by atoms with E-state index in [2.05, 4.69) is 10.2 Å². The first-order valence-electron chi connectivity index (χ1n) is 5.23. The Morgan fingerprint density at radius 3 is 2.59 bits per heavy atom. The third-order valence-electron chi connectivity index (χ3n) is 2.70. The van der Waals surface area contributed by atoms with Crippen LogP contribution in [0, 0.1) is 5.82 Å². The molecule has 1 aromatic heterocycles. The van der Waals surface area contributed by atoms with Gasteiger partial charge in [0.25, 0.3) is 0 Å². The van der Waals surface area contributed by atoms with Crippen molar-refractivity contribution in [1.82, 2.24) is 10.2 Å². The van der Waals surface area contributed by atoms with Crippen LogP contribution in [0.4, 0.5) is 4.39 Å². The van der Waals surface area contributed by atoms with E-state index in [9.17, 15) is 4.39 Å². The minimum atomic E-state index is -0.252. The largest absolute Gasteiger partial charge is 0.277 e. The molecule has 4 heteroatoms. The number of fused-ring (bicyclic) bond motifs is 1. The van der Waals surface area contributed by atoms with E-state index in [-0.39, 0.29) is 5.82 Å². The molecule has 0 fully saturated rings. The Kier molecular flexibility index (Phi) is 2.21. The first kappa shape index (κ1) is 10.1. The van der Waals surface area contributed by atoms with Crippen molar-refractivity contribution in [3.05, 3.63) is 48.3 Å². The minimum Gasteiger partial charge on any atom is -0.277 e. The molecule has 0 unspecified atom stereocenters. The Bertz CT molecular complexity index is 673. The summed E-state index contributed by atoms with van der Waals surface area (Å²) in [6, 6.07) is 11.8. The zero-order valence-electron chi connectivity index (χ0n) is 8.94. The van der Waals surface area contributed by atoms with Gasteiger partial charge in [0.1, 0.15) is 13.7 Å². The fraction of sp³-hybridized carbons (Fsp3) is 0. The summed E-state index contributed by atoms with van der Waals surface area (Å²) in [6.45, 7) is 0. The maximum Gasteiger partial charge on any atom is 0.123 e. The normalized spacial score (nSPS) is 10.9. The van der Waals surface area contributed by atoms with E-state index in [1.54, 1.807) is 12.1 Å². The Hall–Kier alpha value is -2.10. The number of nitrogens with zero attached hydrogens (tertiary/aromatic N) is 1. The van der Waals surface area contributed by atoms with E-state index in [0.29, 0.717) is 5.46 Å². The Labute approximate surface area is 98.9 Å². The van der Waals surface area contributed by atoms with Crippen molar-refractivity contribution < 1.29 is 4.39 Å². The molecule has 2 radical (unpaired) electrons. The van der Waals surface area contributed by atoms with Gasteiger partial charge >= 0.3 is 0 Å². The van der Waals surface area contributed by atoms with Crippen LogP contribution in [0.2, 0.25) is 0 Å². The van der Waals surface area contributed by atoms with Crippen LogP contribution in [-0.2, 0) is 0 Å². The van der Waals surface area contributed by atoms with Gasteiger partial charge in [0.15, 0.2) is 0 Å². The molecule has 1 heterocycles. The molecule has 0 saturated heterocycles. The number of hydrogen-bond donors (Lipinski definition) is 1. The smallest absolute Gasteiger partial charge is 0.123 e. The van der Waals surface area contributed by atoms with Gasteiger partial charge in [-0.3, -0.25) is 5.10 Å². The van der Waals surface area contributed by atoms with Gasteiger partial charge in [-0.15, -0.1) is 0 Å². The number of aromatic amines is 1. The lowest BCUT2D eigenvalue weighted by Gasteiger charge is -1.98. The molecule has 3 aromatic rings. The van der Waals surface area contributed by atoms with Gasteiger partial charge in [0, 0.05) is 10.9 Å². The highest BCUT2D eigenvalue weighted by molar-refractivity contribution is 6.33. The highest BCUT2D eigenvalue weighted by atomic mass is 19.1. The average Bonchev–Trinajstić information content (AvgIpc) is 2.73. The summed E-state index contributed by atoms with van der Waals surface area (Å²) < 4.78 is 12.9. The van der Waals surface area contributed by atoms with Gasteiger partial charge in [-0.2, -0.15) is 5.10 Å². The first-order valence-corrected chi connectivity index (χ1v) is 5.23. The highest BCUT2D eigenvalue weighted by Gasteiger charge is 2.07. The number of benzene rings is 2. The van der Waals surface area contributed by atoms with Crippen molar-refractivity contribution in [3.63, 3.8) is 0 Å². The Balaban J connectivity index is 2.21. The van der Waals surface area contributed by atoms with E-state index in [1.807, 2.05) is 18.2 Å². The lowest BCUT2D eigenvalue weighted by atomic mass is 9.94. The van der Waals surface area contributed by atoms with Gasteiger partial charge < -0.3 is 0 Å². The van der Waals surface area contributed by atoms with Crippen LogP contribution in [-0.4, -0.2) is 18.0 Å². The predicted octanol–water partition coefficient (Wildman–Crippen LogP) is 2.16. The SMILES string of the molecule is [B]c1ccc2c(-c3ccc(F)cc3)n[nH]c2c1. The Morgan fingerprint density at radius 2 is 1.82 bits per heavy atom. The maximum atomic E-state index is 12.9. The Morgan fingerprint density at radius 1 is 1.06 bits per heavy atom. The lowest BCUT2D eigenvalue weighted by Crippen LogP contribution is -1.99. The lowest BCUT2D eigenvalue weighted by molar-refractivity contribution is 0.628. The number of rotatable bonds is 1. The van der Waals surface area contributed by atoms with Crippen LogP contribution in [0.3, 0.4) is 0 Å². The minimum absolute atomic E-state index is 0.252. The molecule has 0 atom stereocenters. The molecule has 0 bridgehead atoms. The van der Waals surface area contributed by atoms with Gasteiger partial charge in [0.05, 0.1) is 11.2 Å². The molecule has 2 aromatic carbocycles. The zero-order chi connectivity index (χ0) is 11.8. The number of hydrogen-bond acceptors (Lipinski definition) is 1. The van der Waals surface area contributed by atoms with Gasteiger partial charge in [0.2, 0.25) is 0 Å². The summed E-state index contributed by atoms with van der Waals surface area (Å²) >= 11 is 0. The van der Waals surface area contributed by atoms with E-state index in [4.69, 9.17) is 7.85 Å². The molecular weight excluding hydrogens is 214 g/mol. The van der Waals surface area contributed by atoms with Crippen molar-refractivity contribution >= 4 is 24.2 Å². The van der Waals surface area contributed by atoms with Gasteiger partial charge in [-0.05, 0) is 30.3 Å². The summed E-state index contributed by atoms with van der Waals surface area (Å²) in [4.78, 5) is 0. The van der Waals surface area contributed by atoms with E-state index in [1.165, 1.54) is 12.1 Å². The van der Waals surface area contributed by atoms with Crippen LogP contribution in [0.15, 0.2) is 42.5 Å². The number of H-pyrrole nitrogens is 1. The fourth-order valence-corrected chi connectivity index (χ4v) is 1.87. The third kappa shape index (κ3) is 1.71. The van der Waals surface area contributed by atoms with Crippen molar-refractivity contribution in [2.75, 3.05) is 0 Å². The van der Waals surface area contributed by atoms with Crippen LogP contribution >= 0.6 is 0 Å². The molecular formula is C13H8BFN2. The van der Waals surface area contributed by atoms with Crippen molar-refractivity contribution in [2.45, 2.75) is 0 Å². The molecule has 3 rings (SSSR count). The summed E-state index contributed by atoms with van der Waals surface area (Å²) in [5.41, 5.74) is 3.25. The summed E-state index contributed by atoms with van der Waals surface area (Å²) in [7, 11) is 5.69. The molecule has 0 saturated carbocycles. The summed E-state index contributed by atoms with van der Waals surface area (Å²) in [6.07, 6.45) is 0. The van der Waals surface area contributed by atoms with E-state index in [0.717, 1.165) is 22.2 Å². The van der Waals surface area contributed by atoms with E-state index < -0.39 is 0 Å². The molecule has 0 aliphatic rings. The number of halogens is 1. The molecule has 2 nitrogen and oxygen atoms in total. The zero-order valence-corrected chi connectivity index (χ0v) is 8.94. The molecule has 17 heavy (non-hydrogen) atoms.